The summed E-state index contributed by atoms with van der Waals surface area (Å²) < 4.78 is 10.6. The summed E-state index contributed by atoms with van der Waals surface area (Å²) in [6.07, 6.45) is 0. The average Bonchev–Trinajstić information content (AvgIpc) is 2.56. The molecular weight excluding hydrogens is 276 g/mol. The standard InChI is InChI=1S/C18H18N2O2/c1-11-16(22-4)10-9-15-12(2)19-18(20-17(11)15)13-5-7-14(21-3)8-6-13/h5-10H,1-4H3. The molecule has 112 valence electrons. The summed E-state index contributed by atoms with van der Waals surface area (Å²) in [7, 11) is 3.33. The molecule has 0 N–H and O–H groups in total. The maximum Gasteiger partial charge on any atom is 0.160 e. The van der Waals surface area contributed by atoms with Crippen molar-refractivity contribution in [2.75, 3.05) is 14.2 Å². The molecule has 0 amide bonds. The molecule has 0 saturated carbocycles. The number of benzene rings is 2. The van der Waals surface area contributed by atoms with Crippen molar-refractivity contribution in [2.45, 2.75) is 13.8 Å². The van der Waals surface area contributed by atoms with Crippen LogP contribution >= 0.6 is 0 Å². The Morgan fingerprint density at radius 2 is 1.55 bits per heavy atom. The number of nitrogens with zero attached hydrogens (tertiary/aromatic N) is 2. The molecule has 0 aliphatic carbocycles. The quantitative estimate of drug-likeness (QED) is 0.734. The van der Waals surface area contributed by atoms with Gasteiger partial charge < -0.3 is 9.47 Å². The zero-order chi connectivity index (χ0) is 15.7. The van der Waals surface area contributed by atoms with Crippen LogP contribution in [0.25, 0.3) is 22.3 Å². The molecule has 3 aromatic rings. The lowest BCUT2D eigenvalue weighted by molar-refractivity contribution is 0.412. The number of hydrogen-bond donors (Lipinski definition) is 0. The van der Waals surface area contributed by atoms with E-state index >= 15 is 0 Å². The van der Waals surface area contributed by atoms with Crippen molar-refractivity contribution in [3.05, 3.63) is 47.7 Å². The highest BCUT2D eigenvalue weighted by Crippen LogP contribution is 2.29. The summed E-state index contributed by atoms with van der Waals surface area (Å²) >= 11 is 0. The Balaban J connectivity index is 2.20. The van der Waals surface area contributed by atoms with Crippen LogP contribution in [0.3, 0.4) is 0 Å². The molecule has 0 saturated heterocycles. The van der Waals surface area contributed by atoms with Gasteiger partial charge in [-0.15, -0.1) is 0 Å². The van der Waals surface area contributed by atoms with E-state index in [4.69, 9.17) is 14.5 Å². The molecule has 0 aliphatic heterocycles. The van der Waals surface area contributed by atoms with Crippen molar-refractivity contribution in [2.24, 2.45) is 0 Å². The fourth-order valence-electron chi connectivity index (χ4n) is 2.56. The highest BCUT2D eigenvalue weighted by atomic mass is 16.5. The molecule has 0 fully saturated rings. The lowest BCUT2D eigenvalue weighted by Crippen LogP contribution is -1.97. The average molecular weight is 294 g/mol. The lowest BCUT2D eigenvalue weighted by Gasteiger charge is -2.11. The first kappa shape index (κ1) is 14.3. The van der Waals surface area contributed by atoms with Crippen LogP contribution in [0.2, 0.25) is 0 Å². The zero-order valence-electron chi connectivity index (χ0n) is 13.2. The van der Waals surface area contributed by atoms with Gasteiger partial charge >= 0.3 is 0 Å². The maximum atomic E-state index is 5.39. The van der Waals surface area contributed by atoms with E-state index in [0.717, 1.165) is 39.2 Å². The predicted octanol–water partition coefficient (Wildman–Crippen LogP) is 3.93. The fraction of sp³-hybridized carbons (Fsp3) is 0.222. The van der Waals surface area contributed by atoms with E-state index in [9.17, 15) is 0 Å². The first-order chi connectivity index (χ1) is 10.6. The second-order valence-corrected chi connectivity index (χ2v) is 5.15. The van der Waals surface area contributed by atoms with Gasteiger partial charge in [-0.2, -0.15) is 0 Å². The number of methoxy groups -OCH3 is 2. The highest BCUT2D eigenvalue weighted by Gasteiger charge is 2.11. The summed E-state index contributed by atoms with van der Waals surface area (Å²) in [5.41, 5.74) is 3.88. The molecule has 4 nitrogen and oxygen atoms in total. The fourth-order valence-corrected chi connectivity index (χ4v) is 2.56. The number of rotatable bonds is 3. The Morgan fingerprint density at radius 1 is 0.818 bits per heavy atom. The Kier molecular flexibility index (Phi) is 3.67. The van der Waals surface area contributed by atoms with E-state index in [2.05, 4.69) is 4.98 Å². The smallest absolute Gasteiger partial charge is 0.160 e. The van der Waals surface area contributed by atoms with Crippen LogP contribution in [-0.2, 0) is 0 Å². The molecule has 0 bridgehead atoms. The van der Waals surface area contributed by atoms with Crippen molar-refractivity contribution in [3.63, 3.8) is 0 Å². The second-order valence-electron chi connectivity index (χ2n) is 5.15. The maximum absolute atomic E-state index is 5.39. The normalized spacial score (nSPS) is 10.7. The van der Waals surface area contributed by atoms with E-state index in [0.29, 0.717) is 5.82 Å². The van der Waals surface area contributed by atoms with Crippen LogP contribution in [0.4, 0.5) is 0 Å². The monoisotopic (exact) mass is 294 g/mol. The van der Waals surface area contributed by atoms with Gasteiger partial charge in [0.1, 0.15) is 11.5 Å². The number of aromatic nitrogens is 2. The van der Waals surface area contributed by atoms with Crippen LogP contribution in [0, 0.1) is 13.8 Å². The van der Waals surface area contributed by atoms with Gasteiger partial charge in [-0.1, -0.05) is 0 Å². The molecule has 0 radical (unpaired) electrons. The van der Waals surface area contributed by atoms with Crippen LogP contribution < -0.4 is 9.47 Å². The summed E-state index contributed by atoms with van der Waals surface area (Å²) in [5.74, 6) is 2.37. The van der Waals surface area contributed by atoms with Gasteiger partial charge in [0.2, 0.25) is 0 Å². The van der Waals surface area contributed by atoms with Crippen molar-refractivity contribution in [3.8, 4) is 22.9 Å². The molecule has 3 rings (SSSR count). The molecule has 2 aromatic carbocycles. The van der Waals surface area contributed by atoms with Crippen molar-refractivity contribution >= 4 is 10.9 Å². The zero-order valence-corrected chi connectivity index (χ0v) is 13.2. The molecule has 0 aliphatic rings. The number of ether oxygens (including phenoxy) is 2. The third-order valence-corrected chi connectivity index (χ3v) is 3.83. The number of fused-ring (bicyclic) bond motifs is 1. The van der Waals surface area contributed by atoms with E-state index in [1.54, 1.807) is 14.2 Å². The van der Waals surface area contributed by atoms with Crippen molar-refractivity contribution < 1.29 is 9.47 Å². The van der Waals surface area contributed by atoms with Gasteiger partial charge in [0.25, 0.3) is 0 Å². The van der Waals surface area contributed by atoms with Crippen LogP contribution in [0.15, 0.2) is 36.4 Å². The Bertz CT molecular complexity index is 827. The molecular formula is C18H18N2O2. The number of hydrogen-bond acceptors (Lipinski definition) is 4. The first-order valence-corrected chi connectivity index (χ1v) is 7.10. The van der Waals surface area contributed by atoms with Gasteiger partial charge in [-0.25, -0.2) is 9.97 Å². The van der Waals surface area contributed by atoms with Gasteiger partial charge in [-0.05, 0) is 50.2 Å². The largest absolute Gasteiger partial charge is 0.497 e. The van der Waals surface area contributed by atoms with Crippen LogP contribution in [-0.4, -0.2) is 24.2 Å². The molecule has 0 atom stereocenters. The second kappa shape index (κ2) is 5.64. The molecule has 1 heterocycles. The minimum atomic E-state index is 0.712. The molecule has 22 heavy (non-hydrogen) atoms. The minimum Gasteiger partial charge on any atom is -0.497 e. The molecule has 0 unspecified atom stereocenters. The van der Waals surface area contributed by atoms with Crippen molar-refractivity contribution in [1.29, 1.82) is 0 Å². The van der Waals surface area contributed by atoms with E-state index < -0.39 is 0 Å². The Labute approximate surface area is 129 Å². The third kappa shape index (κ3) is 2.37. The first-order valence-electron chi connectivity index (χ1n) is 7.10. The highest BCUT2D eigenvalue weighted by molar-refractivity contribution is 5.87. The molecule has 4 heteroatoms. The predicted molar refractivity (Wildman–Crippen MR) is 87.6 cm³/mol. The Hall–Kier alpha value is -2.62. The van der Waals surface area contributed by atoms with Gasteiger partial charge in [-0.3, -0.25) is 0 Å². The minimum absolute atomic E-state index is 0.712. The lowest BCUT2D eigenvalue weighted by atomic mass is 10.1. The molecule has 1 aromatic heterocycles. The van der Waals surface area contributed by atoms with Gasteiger partial charge in [0.05, 0.1) is 19.7 Å². The SMILES string of the molecule is COc1ccc(-c2nc(C)c3ccc(OC)c(C)c3n2)cc1. The van der Waals surface area contributed by atoms with Gasteiger partial charge in [0, 0.05) is 22.2 Å². The van der Waals surface area contributed by atoms with Crippen molar-refractivity contribution in [1.82, 2.24) is 9.97 Å². The topological polar surface area (TPSA) is 44.2 Å². The summed E-state index contributed by atoms with van der Waals surface area (Å²) in [6, 6.07) is 11.7. The van der Waals surface area contributed by atoms with Gasteiger partial charge in [0.15, 0.2) is 5.82 Å². The van der Waals surface area contributed by atoms with Crippen LogP contribution in [0.5, 0.6) is 11.5 Å². The summed E-state index contributed by atoms with van der Waals surface area (Å²) in [4.78, 5) is 9.37. The summed E-state index contributed by atoms with van der Waals surface area (Å²) in [6.45, 7) is 4.02. The Morgan fingerprint density at radius 3 is 2.18 bits per heavy atom. The number of aryl methyl sites for hydroxylation is 2. The van der Waals surface area contributed by atoms with E-state index in [1.807, 2.05) is 50.2 Å². The molecule has 0 spiro atoms. The van der Waals surface area contributed by atoms with E-state index in [-0.39, 0.29) is 0 Å². The summed E-state index contributed by atoms with van der Waals surface area (Å²) in [5, 5.41) is 1.05. The third-order valence-electron chi connectivity index (χ3n) is 3.83. The van der Waals surface area contributed by atoms with Crippen LogP contribution in [0.1, 0.15) is 11.3 Å². The van der Waals surface area contributed by atoms with E-state index in [1.165, 1.54) is 0 Å².